The summed E-state index contributed by atoms with van der Waals surface area (Å²) in [5.74, 6) is -3.55. The number of fused-ring (bicyclic) bond motifs is 1. The van der Waals surface area contributed by atoms with Gasteiger partial charge in [-0.3, -0.25) is 4.79 Å². The van der Waals surface area contributed by atoms with Crippen LogP contribution in [0.25, 0.3) is 0 Å². The number of rotatable bonds is 6. The molecule has 0 fully saturated rings. The molecule has 0 bridgehead atoms. The highest BCUT2D eigenvalue weighted by Gasteiger charge is 2.33. The smallest absolute Gasteiger partial charge is 0.341 e. The molecular weight excluding hydrogens is 366 g/mol. The molecule has 2 aliphatic rings. The Kier molecular flexibility index (Phi) is 6.31. The van der Waals surface area contributed by atoms with Gasteiger partial charge in [0.25, 0.3) is 0 Å². The summed E-state index contributed by atoms with van der Waals surface area (Å²) in [6.07, 6.45) is 8.69. The van der Waals surface area contributed by atoms with Crippen molar-refractivity contribution in [1.82, 2.24) is 0 Å². The number of ether oxygens (including phenoxy) is 1. The van der Waals surface area contributed by atoms with E-state index >= 15 is 0 Å². The van der Waals surface area contributed by atoms with E-state index in [1.165, 1.54) is 11.3 Å². The second-order valence-corrected chi connectivity index (χ2v) is 8.12. The Hall–Kier alpha value is -2.15. The van der Waals surface area contributed by atoms with Crippen LogP contribution in [0, 0.1) is 11.8 Å². The highest BCUT2D eigenvalue weighted by atomic mass is 32.1. The molecule has 1 heterocycles. The fourth-order valence-corrected chi connectivity index (χ4v) is 4.99. The van der Waals surface area contributed by atoms with Crippen molar-refractivity contribution in [3.8, 4) is 0 Å². The SMILES string of the molecule is CCCOC(=O)c1c(NC(=O)[C@H]2CC=CC[C@@H]2C(=O)[O-])sc2c1CCCC2. The molecule has 2 atom stereocenters. The molecule has 1 amide bonds. The number of esters is 1. The molecule has 2 aliphatic carbocycles. The van der Waals surface area contributed by atoms with Gasteiger partial charge in [0.2, 0.25) is 5.91 Å². The molecule has 146 valence electrons. The molecule has 0 unspecified atom stereocenters. The van der Waals surface area contributed by atoms with E-state index in [0.717, 1.165) is 42.5 Å². The van der Waals surface area contributed by atoms with Gasteiger partial charge in [0.1, 0.15) is 5.00 Å². The van der Waals surface area contributed by atoms with Crippen molar-refractivity contribution in [3.05, 3.63) is 28.2 Å². The van der Waals surface area contributed by atoms with Crippen LogP contribution in [-0.4, -0.2) is 24.5 Å². The number of aliphatic carboxylic acids is 1. The number of amides is 1. The molecule has 3 rings (SSSR count). The molecule has 6 nitrogen and oxygen atoms in total. The number of thiophene rings is 1. The van der Waals surface area contributed by atoms with Gasteiger partial charge in [0.15, 0.2) is 0 Å². The van der Waals surface area contributed by atoms with Crippen LogP contribution in [0.3, 0.4) is 0 Å². The molecule has 0 saturated carbocycles. The first-order chi connectivity index (χ1) is 13.0. The molecule has 0 spiro atoms. The van der Waals surface area contributed by atoms with Gasteiger partial charge >= 0.3 is 5.97 Å². The van der Waals surface area contributed by atoms with Crippen molar-refractivity contribution in [2.75, 3.05) is 11.9 Å². The third kappa shape index (κ3) is 4.24. The number of hydrogen-bond donors (Lipinski definition) is 1. The number of carboxylic acid groups (broad SMARTS) is 1. The van der Waals surface area contributed by atoms with Gasteiger partial charge in [-0.2, -0.15) is 0 Å². The molecule has 0 aliphatic heterocycles. The molecular formula is C20H24NO5S-. The zero-order valence-corrected chi connectivity index (χ0v) is 16.2. The summed E-state index contributed by atoms with van der Waals surface area (Å²) in [5.41, 5.74) is 1.43. The highest BCUT2D eigenvalue weighted by Crippen LogP contribution is 2.39. The lowest BCUT2D eigenvalue weighted by atomic mass is 9.82. The van der Waals surface area contributed by atoms with Crippen molar-refractivity contribution in [3.63, 3.8) is 0 Å². The standard InChI is InChI=1S/C20H25NO5S/c1-2-11-26-20(25)16-14-9-5-6-10-15(14)27-18(16)21-17(22)12-7-3-4-8-13(12)19(23)24/h3-4,12-13H,2,5-11H2,1H3,(H,21,22)(H,23,24)/p-1/t12-,13-/m0/s1. The Morgan fingerprint density at radius 1 is 1.19 bits per heavy atom. The lowest BCUT2D eigenvalue weighted by Gasteiger charge is -2.28. The maximum Gasteiger partial charge on any atom is 0.341 e. The largest absolute Gasteiger partial charge is 0.550 e. The van der Waals surface area contributed by atoms with Crippen molar-refractivity contribution in [1.29, 1.82) is 0 Å². The van der Waals surface area contributed by atoms with Crippen LogP contribution in [0.5, 0.6) is 0 Å². The van der Waals surface area contributed by atoms with E-state index < -0.39 is 23.8 Å². The molecule has 1 aromatic heterocycles. The minimum Gasteiger partial charge on any atom is -0.550 e. The zero-order valence-electron chi connectivity index (χ0n) is 15.4. The summed E-state index contributed by atoms with van der Waals surface area (Å²) in [6, 6.07) is 0. The van der Waals surface area contributed by atoms with E-state index in [1.807, 2.05) is 13.0 Å². The summed E-state index contributed by atoms with van der Waals surface area (Å²) in [6.45, 7) is 2.26. The van der Waals surface area contributed by atoms with E-state index in [1.54, 1.807) is 6.08 Å². The quantitative estimate of drug-likeness (QED) is 0.595. The lowest BCUT2D eigenvalue weighted by Crippen LogP contribution is -2.41. The number of carbonyl (C=O) groups is 3. The predicted molar refractivity (Wildman–Crippen MR) is 101 cm³/mol. The van der Waals surface area contributed by atoms with Crippen LogP contribution in [-0.2, 0) is 27.2 Å². The average Bonchev–Trinajstić information content (AvgIpc) is 3.03. The highest BCUT2D eigenvalue weighted by molar-refractivity contribution is 7.17. The summed E-state index contributed by atoms with van der Waals surface area (Å²) >= 11 is 1.41. The second-order valence-electron chi connectivity index (χ2n) is 7.02. The number of nitrogens with one attached hydrogen (secondary N) is 1. The van der Waals surface area contributed by atoms with Crippen molar-refractivity contribution in [2.24, 2.45) is 11.8 Å². The zero-order chi connectivity index (χ0) is 19.4. The number of carbonyl (C=O) groups excluding carboxylic acids is 3. The fraction of sp³-hybridized carbons (Fsp3) is 0.550. The van der Waals surface area contributed by atoms with E-state index in [-0.39, 0.29) is 12.3 Å². The molecule has 0 aromatic carbocycles. The number of carboxylic acids is 1. The Morgan fingerprint density at radius 2 is 1.89 bits per heavy atom. The maximum absolute atomic E-state index is 12.8. The maximum atomic E-state index is 12.8. The first kappa shape index (κ1) is 19.6. The molecule has 1 aromatic rings. The van der Waals surface area contributed by atoms with Crippen LogP contribution < -0.4 is 10.4 Å². The molecule has 7 heteroatoms. The predicted octanol–water partition coefficient (Wildman–Crippen LogP) is 2.46. The first-order valence-corrected chi connectivity index (χ1v) is 10.3. The van der Waals surface area contributed by atoms with Gasteiger partial charge < -0.3 is 20.0 Å². The minimum atomic E-state index is -1.22. The third-order valence-corrected chi connectivity index (χ3v) is 6.33. The Labute approximate surface area is 162 Å². The van der Waals surface area contributed by atoms with Gasteiger partial charge in [0, 0.05) is 16.8 Å². The Balaban J connectivity index is 1.86. The normalized spacial score (nSPS) is 21.4. The van der Waals surface area contributed by atoms with Crippen molar-refractivity contribution < 1.29 is 24.2 Å². The summed E-state index contributed by atoms with van der Waals surface area (Å²) in [7, 11) is 0. The first-order valence-electron chi connectivity index (χ1n) is 9.51. The number of aryl methyl sites for hydroxylation is 1. The lowest BCUT2D eigenvalue weighted by molar-refractivity contribution is -0.313. The molecule has 0 radical (unpaired) electrons. The van der Waals surface area contributed by atoms with Gasteiger partial charge in [-0.25, -0.2) is 4.79 Å². The molecule has 27 heavy (non-hydrogen) atoms. The van der Waals surface area contributed by atoms with E-state index in [4.69, 9.17) is 4.74 Å². The van der Waals surface area contributed by atoms with Gasteiger partial charge in [-0.1, -0.05) is 19.1 Å². The van der Waals surface area contributed by atoms with Crippen LogP contribution in [0.4, 0.5) is 5.00 Å². The summed E-state index contributed by atoms with van der Waals surface area (Å²) in [4.78, 5) is 37.9. The fourth-order valence-electron chi connectivity index (χ4n) is 3.71. The third-order valence-electron chi connectivity index (χ3n) is 5.12. The van der Waals surface area contributed by atoms with Crippen molar-refractivity contribution >= 4 is 34.2 Å². The summed E-state index contributed by atoms with van der Waals surface area (Å²) in [5, 5.41) is 14.7. The topological polar surface area (TPSA) is 95.5 Å². The van der Waals surface area contributed by atoms with Crippen LogP contribution in [0.15, 0.2) is 12.2 Å². The van der Waals surface area contributed by atoms with Gasteiger partial charge in [0.05, 0.1) is 18.1 Å². The van der Waals surface area contributed by atoms with Crippen LogP contribution >= 0.6 is 11.3 Å². The molecule has 0 saturated heterocycles. The minimum absolute atomic E-state index is 0.284. The van der Waals surface area contributed by atoms with Gasteiger partial charge in [-0.05, 0) is 50.5 Å². The number of anilines is 1. The second kappa shape index (κ2) is 8.69. The number of allylic oxidation sites excluding steroid dienone is 2. The number of hydrogen-bond acceptors (Lipinski definition) is 6. The monoisotopic (exact) mass is 390 g/mol. The molecule has 1 N–H and O–H groups in total. The van der Waals surface area contributed by atoms with E-state index in [0.29, 0.717) is 23.6 Å². The Bertz CT molecular complexity index is 767. The van der Waals surface area contributed by atoms with Crippen LogP contribution in [0.1, 0.15) is 59.8 Å². The Morgan fingerprint density at radius 3 is 2.59 bits per heavy atom. The average molecular weight is 390 g/mol. The van der Waals surface area contributed by atoms with Gasteiger partial charge in [-0.15, -0.1) is 11.3 Å². The van der Waals surface area contributed by atoms with Crippen molar-refractivity contribution in [2.45, 2.75) is 51.9 Å². The van der Waals surface area contributed by atoms with Crippen LogP contribution in [0.2, 0.25) is 0 Å². The van der Waals surface area contributed by atoms with E-state index in [9.17, 15) is 19.5 Å². The summed E-state index contributed by atoms with van der Waals surface area (Å²) < 4.78 is 5.33. The van der Waals surface area contributed by atoms with E-state index in [2.05, 4.69) is 5.32 Å².